The molecule has 0 spiro atoms. The molecule has 3 rings (SSSR count). The quantitative estimate of drug-likeness (QED) is 0.856. The Morgan fingerprint density at radius 2 is 2.15 bits per heavy atom. The molecule has 0 saturated heterocycles. The number of nitrogens with zero attached hydrogens (tertiary/aromatic N) is 2. The first-order valence-corrected chi connectivity index (χ1v) is 8.26. The summed E-state index contributed by atoms with van der Waals surface area (Å²) in [5, 5.41) is 3.42. The summed E-state index contributed by atoms with van der Waals surface area (Å²) >= 11 is 7.64. The van der Waals surface area contributed by atoms with E-state index < -0.39 is 0 Å². The van der Waals surface area contributed by atoms with E-state index in [9.17, 15) is 0 Å². The maximum Gasteiger partial charge on any atom is 0.134 e. The van der Waals surface area contributed by atoms with E-state index in [4.69, 9.17) is 21.6 Å². The van der Waals surface area contributed by atoms with Gasteiger partial charge in [-0.15, -0.1) is 11.3 Å². The molecule has 0 unspecified atom stereocenters. The molecule has 0 aromatic carbocycles. The van der Waals surface area contributed by atoms with Crippen LogP contribution in [0.2, 0.25) is 4.34 Å². The van der Waals surface area contributed by atoms with Crippen molar-refractivity contribution in [2.24, 2.45) is 0 Å². The second-order valence-electron chi connectivity index (χ2n) is 5.21. The first-order chi connectivity index (χ1) is 9.69. The van der Waals surface area contributed by atoms with Gasteiger partial charge in [0.2, 0.25) is 0 Å². The Morgan fingerprint density at radius 3 is 2.75 bits per heavy atom. The van der Waals surface area contributed by atoms with Crippen molar-refractivity contribution in [3.05, 3.63) is 27.9 Å². The molecule has 3 nitrogen and oxygen atoms in total. The maximum absolute atomic E-state index is 6.06. The predicted molar refractivity (Wildman–Crippen MR) is 85.8 cm³/mol. The van der Waals surface area contributed by atoms with Gasteiger partial charge in [-0.05, 0) is 38.3 Å². The molecule has 1 aliphatic rings. The predicted octanol–water partition coefficient (Wildman–Crippen LogP) is 4.87. The monoisotopic (exact) mass is 307 g/mol. The summed E-state index contributed by atoms with van der Waals surface area (Å²) in [6, 6.07) is 3.97. The summed E-state index contributed by atoms with van der Waals surface area (Å²) in [6.45, 7) is 5.18. The van der Waals surface area contributed by atoms with E-state index in [2.05, 4.69) is 19.2 Å². The summed E-state index contributed by atoms with van der Waals surface area (Å²) in [5.74, 6) is 2.50. The number of nitrogens with one attached hydrogen (secondary N) is 1. The van der Waals surface area contributed by atoms with Gasteiger partial charge in [-0.3, -0.25) is 0 Å². The zero-order chi connectivity index (χ0) is 14.1. The fourth-order valence-corrected chi connectivity index (χ4v) is 3.25. The minimum absolute atomic E-state index is 0.548. The van der Waals surface area contributed by atoms with Crippen LogP contribution >= 0.6 is 22.9 Å². The van der Waals surface area contributed by atoms with Gasteiger partial charge in [0.15, 0.2) is 0 Å². The molecule has 1 fully saturated rings. The van der Waals surface area contributed by atoms with E-state index in [1.54, 1.807) is 11.3 Å². The highest BCUT2D eigenvalue weighted by Crippen LogP contribution is 2.41. The van der Waals surface area contributed by atoms with Crippen LogP contribution < -0.4 is 5.32 Å². The Kier molecular flexibility index (Phi) is 3.94. The molecule has 1 aliphatic carbocycles. The number of rotatable bonds is 5. The average molecular weight is 308 g/mol. The summed E-state index contributed by atoms with van der Waals surface area (Å²) in [4.78, 5) is 10.6. The Labute approximate surface area is 128 Å². The van der Waals surface area contributed by atoms with Crippen LogP contribution in [0.5, 0.6) is 0 Å². The smallest absolute Gasteiger partial charge is 0.134 e. The Morgan fingerprint density at radius 1 is 1.35 bits per heavy atom. The van der Waals surface area contributed by atoms with Gasteiger partial charge >= 0.3 is 0 Å². The van der Waals surface area contributed by atoms with Crippen LogP contribution in [-0.2, 0) is 0 Å². The SMILES string of the molecule is CCCNc1nc(C2CC2)nc(-c2ccc(Cl)s2)c1C. The molecular weight excluding hydrogens is 290 g/mol. The minimum Gasteiger partial charge on any atom is -0.370 e. The molecular formula is C15H18ClN3S. The molecule has 5 heteroatoms. The first-order valence-electron chi connectivity index (χ1n) is 7.07. The summed E-state index contributed by atoms with van der Waals surface area (Å²) in [5.41, 5.74) is 2.14. The highest BCUT2D eigenvalue weighted by Gasteiger charge is 2.28. The summed E-state index contributed by atoms with van der Waals surface area (Å²) in [6.07, 6.45) is 3.50. The third-order valence-corrected chi connectivity index (χ3v) is 4.69. The van der Waals surface area contributed by atoms with Crippen molar-refractivity contribution < 1.29 is 0 Å². The van der Waals surface area contributed by atoms with Crippen LogP contribution in [-0.4, -0.2) is 16.5 Å². The van der Waals surface area contributed by atoms with E-state index in [0.717, 1.165) is 45.1 Å². The lowest BCUT2D eigenvalue weighted by Crippen LogP contribution is -2.08. The van der Waals surface area contributed by atoms with Crippen LogP contribution in [0, 0.1) is 6.92 Å². The van der Waals surface area contributed by atoms with Crippen LogP contribution in [0.15, 0.2) is 12.1 Å². The molecule has 20 heavy (non-hydrogen) atoms. The Hall–Kier alpha value is -1.13. The molecule has 0 atom stereocenters. The first kappa shape index (κ1) is 13.8. The van der Waals surface area contributed by atoms with E-state index in [1.807, 2.05) is 12.1 Å². The highest BCUT2D eigenvalue weighted by atomic mass is 35.5. The van der Waals surface area contributed by atoms with E-state index >= 15 is 0 Å². The zero-order valence-electron chi connectivity index (χ0n) is 11.7. The van der Waals surface area contributed by atoms with Crippen molar-refractivity contribution in [2.45, 2.75) is 39.0 Å². The van der Waals surface area contributed by atoms with E-state index in [0.29, 0.717) is 5.92 Å². The molecule has 106 valence electrons. The minimum atomic E-state index is 0.548. The van der Waals surface area contributed by atoms with Crippen molar-refractivity contribution in [1.29, 1.82) is 0 Å². The fourth-order valence-electron chi connectivity index (χ4n) is 2.16. The van der Waals surface area contributed by atoms with Crippen molar-refractivity contribution in [3.63, 3.8) is 0 Å². The van der Waals surface area contributed by atoms with Gasteiger partial charge in [0, 0.05) is 18.0 Å². The summed E-state index contributed by atoms with van der Waals surface area (Å²) < 4.78 is 0.800. The Balaban J connectivity index is 2.04. The van der Waals surface area contributed by atoms with Gasteiger partial charge in [-0.1, -0.05) is 18.5 Å². The average Bonchev–Trinajstić information content (AvgIpc) is 3.20. The second kappa shape index (κ2) is 5.70. The van der Waals surface area contributed by atoms with Gasteiger partial charge in [-0.25, -0.2) is 9.97 Å². The van der Waals surface area contributed by atoms with Crippen LogP contribution in [0.3, 0.4) is 0 Å². The number of hydrogen-bond donors (Lipinski definition) is 1. The zero-order valence-corrected chi connectivity index (χ0v) is 13.3. The van der Waals surface area contributed by atoms with Gasteiger partial charge in [0.1, 0.15) is 11.6 Å². The molecule has 0 amide bonds. The maximum atomic E-state index is 6.06. The fraction of sp³-hybridized carbons (Fsp3) is 0.467. The lowest BCUT2D eigenvalue weighted by Gasteiger charge is -2.12. The highest BCUT2D eigenvalue weighted by molar-refractivity contribution is 7.19. The van der Waals surface area contributed by atoms with Crippen molar-refractivity contribution in [1.82, 2.24) is 9.97 Å². The van der Waals surface area contributed by atoms with Crippen molar-refractivity contribution in [3.8, 4) is 10.6 Å². The largest absolute Gasteiger partial charge is 0.370 e. The second-order valence-corrected chi connectivity index (χ2v) is 6.92. The number of hydrogen-bond acceptors (Lipinski definition) is 4. The third kappa shape index (κ3) is 2.81. The van der Waals surface area contributed by atoms with Crippen molar-refractivity contribution in [2.75, 3.05) is 11.9 Å². The van der Waals surface area contributed by atoms with Crippen LogP contribution in [0.1, 0.15) is 43.5 Å². The lowest BCUT2D eigenvalue weighted by atomic mass is 10.2. The van der Waals surface area contributed by atoms with Gasteiger partial charge < -0.3 is 5.32 Å². The molecule has 0 bridgehead atoms. The van der Waals surface area contributed by atoms with Crippen molar-refractivity contribution >= 4 is 28.8 Å². The molecule has 2 aromatic heterocycles. The topological polar surface area (TPSA) is 37.8 Å². The van der Waals surface area contributed by atoms with Gasteiger partial charge in [-0.2, -0.15) is 0 Å². The van der Waals surface area contributed by atoms with E-state index in [1.165, 1.54) is 12.8 Å². The molecule has 0 aliphatic heterocycles. The number of thiophene rings is 1. The van der Waals surface area contributed by atoms with Crippen LogP contribution in [0.25, 0.3) is 10.6 Å². The van der Waals surface area contributed by atoms with Crippen LogP contribution in [0.4, 0.5) is 5.82 Å². The molecule has 2 aromatic rings. The third-order valence-electron chi connectivity index (χ3n) is 3.45. The molecule has 2 heterocycles. The normalized spacial score (nSPS) is 14.6. The van der Waals surface area contributed by atoms with Gasteiger partial charge in [0.05, 0.1) is 14.9 Å². The van der Waals surface area contributed by atoms with Gasteiger partial charge in [0.25, 0.3) is 0 Å². The molecule has 1 N–H and O–H groups in total. The molecule has 0 radical (unpaired) electrons. The summed E-state index contributed by atoms with van der Waals surface area (Å²) in [7, 11) is 0. The standard InChI is InChI=1S/C15H18ClN3S/c1-3-8-17-14-9(2)13(11-6-7-12(16)20-11)18-15(19-14)10-4-5-10/h6-7,10H,3-5,8H2,1-2H3,(H,17,18,19). The van der Waals surface area contributed by atoms with E-state index in [-0.39, 0.29) is 0 Å². The Bertz CT molecular complexity index is 620. The molecule has 1 saturated carbocycles. The number of halogens is 1. The number of aromatic nitrogens is 2. The number of anilines is 1. The lowest BCUT2D eigenvalue weighted by molar-refractivity contribution is 0.903.